The fourth-order valence-corrected chi connectivity index (χ4v) is 3.33. The minimum absolute atomic E-state index is 0.0408. The predicted molar refractivity (Wildman–Crippen MR) is 112 cm³/mol. The Morgan fingerprint density at radius 2 is 1.89 bits per heavy atom. The number of nitrogens with one attached hydrogen (secondary N) is 3. The molecule has 1 heterocycles. The third-order valence-corrected chi connectivity index (χ3v) is 4.77. The Bertz CT molecular complexity index is 567. The van der Waals surface area contributed by atoms with Crippen molar-refractivity contribution in [3.8, 4) is 0 Å². The van der Waals surface area contributed by atoms with Crippen LogP contribution in [-0.2, 0) is 11.2 Å². The number of hydrogen-bond donors (Lipinski definition) is 3. The maximum absolute atomic E-state index is 12.1. The van der Waals surface area contributed by atoms with Crippen molar-refractivity contribution in [2.75, 3.05) is 39.3 Å². The van der Waals surface area contributed by atoms with Crippen LogP contribution in [0, 0.1) is 0 Å². The molecule has 1 aliphatic rings. The molecule has 27 heavy (non-hydrogen) atoms. The number of benzene rings is 1. The highest BCUT2D eigenvalue weighted by Gasteiger charge is 2.19. The maximum Gasteiger partial charge on any atom is 0.241 e. The standard InChI is InChI=1S/C21H35N5O/c1-3-14-26-15-11-19(12-16-26)25-21(22-4-2)24-17-20(27)23-13-10-18-8-6-5-7-9-18/h5-9,19H,3-4,10-17H2,1-2H3,(H,23,27)(H2,22,24,25). The number of piperidine rings is 1. The number of carbonyl (C=O) groups is 1. The second kappa shape index (κ2) is 12.3. The van der Waals surface area contributed by atoms with Gasteiger partial charge in [-0.3, -0.25) is 4.79 Å². The number of likely N-dealkylation sites (tertiary alicyclic amines) is 1. The van der Waals surface area contributed by atoms with Crippen LogP contribution < -0.4 is 16.0 Å². The highest BCUT2D eigenvalue weighted by Crippen LogP contribution is 2.10. The Balaban J connectivity index is 1.71. The average Bonchev–Trinajstić information content (AvgIpc) is 2.69. The Kier molecular flexibility index (Phi) is 9.69. The number of amides is 1. The molecule has 1 aromatic carbocycles. The third kappa shape index (κ3) is 8.43. The van der Waals surface area contributed by atoms with Gasteiger partial charge in [-0.15, -0.1) is 0 Å². The summed E-state index contributed by atoms with van der Waals surface area (Å²) < 4.78 is 0. The maximum atomic E-state index is 12.1. The monoisotopic (exact) mass is 373 g/mol. The molecule has 6 nitrogen and oxygen atoms in total. The third-order valence-electron chi connectivity index (χ3n) is 4.77. The topological polar surface area (TPSA) is 68.8 Å². The van der Waals surface area contributed by atoms with Crippen molar-refractivity contribution in [3.63, 3.8) is 0 Å². The molecule has 0 bridgehead atoms. The quantitative estimate of drug-likeness (QED) is 0.456. The van der Waals surface area contributed by atoms with Crippen LogP contribution >= 0.6 is 0 Å². The molecule has 1 amide bonds. The van der Waals surface area contributed by atoms with E-state index in [0.717, 1.165) is 44.9 Å². The van der Waals surface area contributed by atoms with Crippen LogP contribution in [0.3, 0.4) is 0 Å². The summed E-state index contributed by atoms with van der Waals surface area (Å²) in [5.41, 5.74) is 1.23. The first-order valence-electron chi connectivity index (χ1n) is 10.3. The van der Waals surface area contributed by atoms with Crippen molar-refractivity contribution in [1.29, 1.82) is 0 Å². The molecule has 150 valence electrons. The lowest BCUT2D eigenvalue weighted by Gasteiger charge is -2.32. The molecule has 0 spiro atoms. The fourth-order valence-electron chi connectivity index (χ4n) is 3.33. The molecule has 0 saturated carbocycles. The second-order valence-corrected chi connectivity index (χ2v) is 7.04. The number of rotatable bonds is 9. The lowest BCUT2D eigenvalue weighted by atomic mass is 10.1. The van der Waals surface area contributed by atoms with E-state index in [1.165, 1.54) is 18.5 Å². The van der Waals surface area contributed by atoms with E-state index in [0.29, 0.717) is 12.6 Å². The van der Waals surface area contributed by atoms with Gasteiger partial charge >= 0.3 is 0 Å². The van der Waals surface area contributed by atoms with Gasteiger partial charge in [0.15, 0.2) is 5.96 Å². The summed E-state index contributed by atoms with van der Waals surface area (Å²) in [6.45, 7) is 9.29. The van der Waals surface area contributed by atoms with Crippen LogP contribution in [0.4, 0.5) is 0 Å². The van der Waals surface area contributed by atoms with Crippen molar-refractivity contribution in [3.05, 3.63) is 35.9 Å². The molecule has 0 aromatic heterocycles. The van der Waals surface area contributed by atoms with Crippen LogP contribution in [0.2, 0.25) is 0 Å². The lowest BCUT2D eigenvalue weighted by molar-refractivity contribution is -0.119. The van der Waals surface area contributed by atoms with E-state index in [2.05, 4.69) is 44.9 Å². The van der Waals surface area contributed by atoms with Crippen LogP contribution in [0.15, 0.2) is 35.3 Å². The van der Waals surface area contributed by atoms with Gasteiger partial charge in [0.1, 0.15) is 6.54 Å². The van der Waals surface area contributed by atoms with Crippen LogP contribution in [0.25, 0.3) is 0 Å². The minimum atomic E-state index is -0.0408. The van der Waals surface area contributed by atoms with Gasteiger partial charge in [-0.2, -0.15) is 0 Å². The van der Waals surface area contributed by atoms with E-state index in [4.69, 9.17) is 0 Å². The van der Waals surface area contributed by atoms with Gasteiger partial charge in [0.05, 0.1) is 0 Å². The Labute approximate surface area is 163 Å². The van der Waals surface area contributed by atoms with Gasteiger partial charge in [0.25, 0.3) is 0 Å². The molecule has 1 aromatic rings. The number of aliphatic imine (C=N–C) groups is 1. The Morgan fingerprint density at radius 3 is 2.56 bits per heavy atom. The zero-order chi connectivity index (χ0) is 19.3. The molecular formula is C21H35N5O. The van der Waals surface area contributed by atoms with Gasteiger partial charge in [-0.1, -0.05) is 37.3 Å². The smallest absolute Gasteiger partial charge is 0.241 e. The van der Waals surface area contributed by atoms with E-state index in [-0.39, 0.29) is 12.5 Å². The number of nitrogens with zero attached hydrogens (tertiary/aromatic N) is 2. The highest BCUT2D eigenvalue weighted by molar-refractivity contribution is 5.85. The first kappa shape index (κ1) is 21.2. The molecular weight excluding hydrogens is 338 g/mol. The van der Waals surface area contributed by atoms with E-state index < -0.39 is 0 Å². The van der Waals surface area contributed by atoms with Gasteiger partial charge in [-0.05, 0) is 44.7 Å². The molecule has 1 saturated heterocycles. The summed E-state index contributed by atoms with van der Waals surface area (Å²) in [6, 6.07) is 10.6. The summed E-state index contributed by atoms with van der Waals surface area (Å²) in [4.78, 5) is 19.0. The molecule has 0 unspecified atom stereocenters. The average molecular weight is 374 g/mol. The molecule has 3 N–H and O–H groups in total. The molecule has 0 radical (unpaired) electrons. The number of hydrogen-bond acceptors (Lipinski definition) is 3. The van der Waals surface area contributed by atoms with Crippen LogP contribution in [0.1, 0.15) is 38.7 Å². The fraction of sp³-hybridized carbons (Fsp3) is 0.619. The summed E-state index contributed by atoms with van der Waals surface area (Å²) in [5.74, 6) is 0.700. The van der Waals surface area contributed by atoms with Crippen molar-refractivity contribution < 1.29 is 4.79 Å². The minimum Gasteiger partial charge on any atom is -0.357 e. The second-order valence-electron chi connectivity index (χ2n) is 7.04. The van der Waals surface area contributed by atoms with Crippen LogP contribution in [0.5, 0.6) is 0 Å². The van der Waals surface area contributed by atoms with Gasteiger partial charge in [0.2, 0.25) is 5.91 Å². The Hall–Kier alpha value is -2.08. The summed E-state index contributed by atoms with van der Waals surface area (Å²) in [6.07, 6.45) is 4.29. The molecule has 2 rings (SSSR count). The molecule has 1 aliphatic heterocycles. The first-order chi connectivity index (χ1) is 13.2. The largest absolute Gasteiger partial charge is 0.357 e. The first-order valence-corrected chi connectivity index (χ1v) is 10.3. The summed E-state index contributed by atoms with van der Waals surface area (Å²) >= 11 is 0. The molecule has 1 fully saturated rings. The summed E-state index contributed by atoms with van der Waals surface area (Å²) in [5, 5.41) is 9.68. The number of carbonyl (C=O) groups excluding carboxylic acids is 1. The van der Waals surface area contributed by atoms with Crippen LogP contribution in [-0.4, -0.2) is 62.1 Å². The van der Waals surface area contributed by atoms with E-state index in [1.807, 2.05) is 25.1 Å². The molecule has 0 aliphatic carbocycles. The predicted octanol–water partition coefficient (Wildman–Crippen LogP) is 1.77. The van der Waals surface area contributed by atoms with E-state index >= 15 is 0 Å². The van der Waals surface area contributed by atoms with E-state index in [1.54, 1.807) is 0 Å². The van der Waals surface area contributed by atoms with Gasteiger partial charge in [-0.25, -0.2) is 4.99 Å². The number of guanidine groups is 1. The lowest BCUT2D eigenvalue weighted by Crippen LogP contribution is -2.49. The molecule has 6 heteroatoms. The van der Waals surface area contributed by atoms with Gasteiger partial charge < -0.3 is 20.9 Å². The van der Waals surface area contributed by atoms with Crippen molar-refractivity contribution >= 4 is 11.9 Å². The highest BCUT2D eigenvalue weighted by atomic mass is 16.1. The zero-order valence-corrected chi connectivity index (χ0v) is 16.8. The zero-order valence-electron chi connectivity index (χ0n) is 16.8. The SMILES string of the molecule is CCCN1CCC(NC(=NCC(=O)NCCc2ccccc2)NCC)CC1. The summed E-state index contributed by atoms with van der Waals surface area (Å²) in [7, 11) is 0. The van der Waals surface area contributed by atoms with E-state index in [9.17, 15) is 4.79 Å². The molecule has 0 atom stereocenters. The van der Waals surface area contributed by atoms with Crippen molar-refractivity contribution in [2.24, 2.45) is 4.99 Å². The normalized spacial score (nSPS) is 16.1. The van der Waals surface area contributed by atoms with Gasteiger partial charge in [0, 0.05) is 32.2 Å². The van der Waals surface area contributed by atoms with Crippen molar-refractivity contribution in [2.45, 2.75) is 45.6 Å². The Morgan fingerprint density at radius 1 is 1.15 bits per heavy atom. The van der Waals surface area contributed by atoms with Crippen molar-refractivity contribution in [1.82, 2.24) is 20.9 Å².